The summed E-state index contributed by atoms with van der Waals surface area (Å²) in [5, 5.41) is 6.17. The van der Waals surface area contributed by atoms with Gasteiger partial charge in [-0.2, -0.15) is 11.8 Å². The van der Waals surface area contributed by atoms with E-state index in [1.807, 2.05) is 12.1 Å². The first-order valence-electron chi connectivity index (χ1n) is 6.25. The lowest BCUT2D eigenvalue weighted by Crippen LogP contribution is -2.30. The van der Waals surface area contributed by atoms with Crippen molar-refractivity contribution in [3.8, 4) is 0 Å². The van der Waals surface area contributed by atoms with Crippen LogP contribution in [0.25, 0.3) is 0 Å². The number of anilines is 1. The van der Waals surface area contributed by atoms with E-state index in [1.165, 1.54) is 6.07 Å². The Balaban J connectivity index is 1.64. The molecule has 0 amide bonds. The Morgan fingerprint density at radius 1 is 1.24 bits per heavy atom. The molecule has 0 atom stereocenters. The van der Waals surface area contributed by atoms with Crippen molar-refractivity contribution in [3.63, 3.8) is 0 Å². The van der Waals surface area contributed by atoms with Crippen LogP contribution in [0.1, 0.15) is 5.76 Å². The topological polar surface area (TPSA) is 37.2 Å². The van der Waals surface area contributed by atoms with Crippen LogP contribution in [-0.2, 0) is 5.75 Å². The summed E-state index contributed by atoms with van der Waals surface area (Å²) in [7, 11) is 0. The van der Waals surface area contributed by atoms with Crippen LogP contribution in [0.5, 0.6) is 0 Å². The number of thiocarbonyl (C=S) groups is 1. The molecule has 2 rings (SSSR count). The van der Waals surface area contributed by atoms with Crippen molar-refractivity contribution >= 4 is 34.8 Å². The average Bonchev–Trinajstić information content (AvgIpc) is 2.96. The molecule has 112 valence electrons. The van der Waals surface area contributed by atoms with E-state index >= 15 is 0 Å². The molecule has 21 heavy (non-hydrogen) atoms. The quantitative estimate of drug-likeness (QED) is 0.623. The molecule has 0 bridgehead atoms. The van der Waals surface area contributed by atoms with Crippen molar-refractivity contribution in [1.82, 2.24) is 5.32 Å². The van der Waals surface area contributed by atoms with Gasteiger partial charge in [0.2, 0.25) is 0 Å². The second-order valence-corrected chi connectivity index (χ2v) is 5.66. The van der Waals surface area contributed by atoms with E-state index in [0.29, 0.717) is 17.3 Å². The Kier molecular flexibility index (Phi) is 6.01. The number of thioether (sulfide) groups is 1. The molecule has 0 fully saturated rings. The molecule has 1 aromatic heterocycles. The summed E-state index contributed by atoms with van der Waals surface area (Å²) >= 11 is 6.79. The number of halogens is 2. The summed E-state index contributed by atoms with van der Waals surface area (Å²) in [5.41, 5.74) is 0.412. The molecular weight excluding hydrogens is 314 g/mol. The minimum absolute atomic E-state index is 0.375. The van der Waals surface area contributed by atoms with Gasteiger partial charge in [-0.15, -0.1) is 0 Å². The van der Waals surface area contributed by atoms with Gasteiger partial charge in [0.05, 0.1) is 12.0 Å². The zero-order chi connectivity index (χ0) is 15.1. The van der Waals surface area contributed by atoms with E-state index in [4.69, 9.17) is 16.6 Å². The predicted molar refractivity (Wildman–Crippen MR) is 85.5 cm³/mol. The molecule has 1 aromatic carbocycles. The van der Waals surface area contributed by atoms with Crippen LogP contribution < -0.4 is 10.6 Å². The normalized spacial score (nSPS) is 10.4. The van der Waals surface area contributed by atoms with Crippen LogP contribution in [0.4, 0.5) is 14.5 Å². The lowest BCUT2D eigenvalue weighted by molar-refractivity contribution is 0.509. The van der Waals surface area contributed by atoms with Gasteiger partial charge in [-0.25, -0.2) is 8.78 Å². The Morgan fingerprint density at radius 2 is 2.10 bits per heavy atom. The molecule has 0 aliphatic carbocycles. The van der Waals surface area contributed by atoms with Crippen LogP contribution in [0.2, 0.25) is 0 Å². The van der Waals surface area contributed by atoms with Gasteiger partial charge < -0.3 is 15.1 Å². The third kappa shape index (κ3) is 5.35. The summed E-state index contributed by atoms with van der Waals surface area (Å²) < 4.78 is 31.0. The van der Waals surface area contributed by atoms with Gasteiger partial charge in [-0.05, 0) is 36.5 Å². The lowest BCUT2D eigenvalue weighted by Gasteiger charge is -2.10. The zero-order valence-electron chi connectivity index (χ0n) is 11.1. The summed E-state index contributed by atoms with van der Waals surface area (Å²) in [6.07, 6.45) is 1.65. The molecular formula is C14H14F2N2OS2. The molecule has 0 aliphatic rings. The molecule has 0 radical (unpaired) electrons. The fourth-order valence-corrected chi connectivity index (χ4v) is 2.53. The van der Waals surface area contributed by atoms with Gasteiger partial charge in [-0.3, -0.25) is 0 Å². The maximum atomic E-state index is 13.0. The Morgan fingerprint density at radius 3 is 2.81 bits per heavy atom. The predicted octanol–water partition coefficient (Wildman–Crippen LogP) is 3.78. The van der Waals surface area contributed by atoms with E-state index in [2.05, 4.69) is 10.6 Å². The number of benzene rings is 1. The van der Waals surface area contributed by atoms with Gasteiger partial charge in [-0.1, -0.05) is 0 Å². The second-order valence-electron chi connectivity index (χ2n) is 4.14. The Hall–Kier alpha value is -1.60. The second kappa shape index (κ2) is 7.99. The largest absolute Gasteiger partial charge is 0.468 e. The first-order valence-corrected chi connectivity index (χ1v) is 7.81. The van der Waals surface area contributed by atoms with E-state index in [-0.39, 0.29) is 0 Å². The Bertz CT molecular complexity index is 591. The van der Waals surface area contributed by atoms with Crippen molar-refractivity contribution < 1.29 is 13.2 Å². The van der Waals surface area contributed by atoms with E-state index in [1.54, 1.807) is 18.0 Å². The van der Waals surface area contributed by atoms with Crippen LogP contribution >= 0.6 is 24.0 Å². The van der Waals surface area contributed by atoms with E-state index < -0.39 is 11.6 Å². The maximum Gasteiger partial charge on any atom is 0.170 e. The molecule has 3 nitrogen and oxygen atoms in total. The van der Waals surface area contributed by atoms with Gasteiger partial charge in [0.15, 0.2) is 16.7 Å². The van der Waals surface area contributed by atoms with Gasteiger partial charge in [0.25, 0.3) is 0 Å². The molecule has 0 aliphatic heterocycles. The smallest absolute Gasteiger partial charge is 0.170 e. The molecule has 2 aromatic rings. The number of furan rings is 1. The molecule has 0 saturated heterocycles. The number of hydrogen-bond donors (Lipinski definition) is 2. The first-order chi connectivity index (χ1) is 10.1. The molecule has 2 N–H and O–H groups in total. The standard InChI is InChI=1S/C14H14F2N2OS2/c15-12-4-3-10(8-13(12)16)18-14(20)17-5-7-21-9-11-2-1-6-19-11/h1-4,6,8H,5,7,9H2,(H2,17,18,20). The molecule has 0 unspecified atom stereocenters. The summed E-state index contributed by atoms with van der Waals surface area (Å²) in [5.74, 6) is 0.797. The fourth-order valence-electron chi connectivity index (χ4n) is 1.55. The Labute approximate surface area is 131 Å². The van der Waals surface area contributed by atoms with Crippen molar-refractivity contribution in [2.75, 3.05) is 17.6 Å². The van der Waals surface area contributed by atoms with Crippen LogP contribution in [0, 0.1) is 11.6 Å². The van der Waals surface area contributed by atoms with Crippen LogP contribution in [-0.4, -0.2) is 17.4 Å². The first kappa shape index (κ1) is 15.8. The van der Waals surface area contributed by atoms with Gasteiger partial charge >= 0.3 is 0 Å². The number of hydrogen-bond acceptors (Lipinski definition) is 3. The SMILES string of the molecule is Fc1ccc(NC(=S)NCCSCc2ccco2)cc1F. The lowest BCUT2D eigenvalue weighted by atomic mass is 10.3. The van der Waals surface area contributed by atoms with E-state index in [0.717, 1.165) is 29.4 Å². The molecule has 0 saturated carbocycles. The molecule has 0 spiro atoms. The van der Waals surface area contributed by atoms with E-state index in [9.17, 15) is 8.78 Å². The van der Waals surface area contributed by atoms with Crippen LogP contribution in [0.3, 0.4) is 0 Å². The van der Waals surface area contributed by atoms with Crippen molar-refractivity contribution in [2.24, 2.45) is 0 Å². The third-order valence-corrected chi connectivity index (χ3v) is 3.76. The van der Waals surface area contributed by atoms with Gasteiger partial charge in [0, 0.05) is 24.1 Å². The van der Waals surface area contributed by atoms with Crippen molar-refractivity contribution in [1.29, 1.82) is 0 Å². The van der Waals surface area contributed by atoms with Crippen LogP contribution in [0.15, 0.2) is 41.0 Å². The maximum absolute atomic E-state index is 13.0. The molecule has 1 heterocycles. The molecule has 7 heteroatoms. The highest BCUT2D eigenvalue weighted by Crippen LogP contribution is 2.13. The van der Waals surface area contributed by atoms with Gasteiger partial charge in [0.1, 0.15) is 5.76 Å². The summed E-state index contributed by atoms with van der Waals surface area (Å²) in [6, 6.07) is 7.33. The van der Waals surface area contributed by atoms with Crippen molar-refractivity contribution in [2.45, 2.75) is 5.75 Å². The summed E-state index contributed by atoms with van der Waals surface area (Å²) in [6.45, 7) is 0.668. The fraction of sp³-hybridized carbons (Fsp3) is 0.214. The highest BCUT2D eigenvalue weighted by atomic mass is 32.2. The third-order valence-electron chi connectivity index (χ3n) is 2.53. The summed E-state index contributed by atoms with van der Waals surface area (Å²) in [4.78, 5) is 0. The number of nitrogens with one attached hydrogen (secondary N) is 2. The van der Waals surface area contributed by atoms with Crippen molar-refractivity contribution in [3.05, 3.63) is 54.0 Å². The zero-order valence-corrected chi connectivity index (χ0v) is 12.7. The average molecular weight is 328 g/mol. The monoisotopic (exact) mass is 328 g/mol. The minimum atomic E-state index is -0.906. The highest BCUT2D eigenvalue weighted by molar-refractivity contribution is 7.98. The highest BCUT2D eigenvalue weighted by Gasteiger charge is 2.03. The minimum Gasteiger partial charge on any atom is -0.468 e. The number of rotatable bonds is 6.